The molecule has 26 heavy (non-hydrogen) atoms. The molecule has 0 fully saturated rings. The Bertz CT molecular complexity index is 1140. The van der Waals surface area contributed by atoms with Crippen molar-refractivity contribution in [1.29, 1.82) is 0 Å². The van der Waals surface area contributed by atoms with E-state index < -0.39 is 0 Å². The summed E-state index contributed by atoms with van der Waals surface area (Å²) in [5.41, 5.74) is 5.97. The molecule has 3 heterocycles. The van der Waals surface area contributed by atoms with E-state index >= 15 is 0 Å². The zero-order chi connectivity index (χ0) is 17.8. The molecule has 5 heteroatoms. The lowest BCUT2D eigenvalue weighted by Gasteiger charge is -2.30. The maximum atomic E-state index is 13.8. The highest BCUT2D eigenvalue weighted by Gasteiger charge is 2.23. The maximum Gasteiger partial charge on any atom is 0.123 e. The molecule has 2 aromatic heterocycles. The minimum absolute atomic E-state index is 0.168. The highest BCUT2D eigenvalue weighted by atomic mass is 32.1. The van der Waals surface area contributed by atoms with Crippen LogP contribution in [0.3, 0.4) is 0 Å². The van der Waals surface area contributed by atoms with Gasteiger partial charge in [0.25, 0.3) is 0 Å². The predicted molar refractivity (Wildman–Crippen MR) is 107 cm³/mol. The van der Waals surface area contributed by atoms with E-state index in [1.807, 2.05) is 6.07 Å². The van der Waals surface area contributed by atoms with E-state index in [2.05, 4.69) is 41.6 Å². The number of hydrogen-bond donors (Lipinski definition) is 0. The van der Waals surface area contributed by atoms with Crippen LogP contribution >= 0.6 is 11.3 Å². The van der Waals surface area contributed by atoms with Crippen molar-refractivity contribution >= 4 is 38.1 Å². The fraction of sp³-hybridized carbons (Fsp3) is 0.286. The topological polar surface area (TPSA) is 21.1 Å². The Kier molecular flexibility index (Phi) is 3.54. The molecular weight excluding hydrogens is 345 g/mol. The first-order chi connectivity index (χ1) is 12.6. The second-order valence-corrected chi connectivity index (χ2v) is 8.05. The molecule has 0 radical (unpaired) electrons. The molecule has 3 nitrogen and oxygen atoms in total. The number of thiazole rings is 1. The third kappa shape index (κ3) is 2.34. The molecule has 0 saturated carbocycles. The van der Waals surface area contributed by atoms with Crippen LogP contribution in [0.2, 0.25) is 0 Å². The molecule has 0 amide bonds. The van der Waals surface area contributed by atoms with Crippen LogP contribution in [0.5, 0.6) is 0 Å². The Labute approximate surface area is 155 Å². The zero-order valence-corrected chi connectivity index (χ0v) is 15.7. The SMILES string of the molecule is CCc1nc2cc(N3CCc4c(c5cc(F)ccc5n4C)C3)ccc2s1. The van der Waals surface area contributed by atoms with E-state index in [9.17, 15) is 4.39 Å². The maximum absolute atomic E-state index is 13.8. The van der Waals surface area contributed by atoms with Crippen molar-refractivity contribution in [2.45, 2.75) is 26.3 Å². The Hall–Kier alpha value is -2.40. The molecule has 1 aliphatic heterocycles. The number of halogens is 1. The van der Waals surface area contributed by atoms with Crippen molar-refractivity contribution < 1.29 is 4.39 Å². The highest BCUT2D eigenvalue weighted by Crippen LogP contribution is 2.34. The first-order valence-corrected chi connectivity index (χ1v) is 9.86. The molecule has 2 aromatic carbocycles. The van der Waals surface area contributed by atoms with Gasteiger partial charge in [-0.15, -0.1) is 11.3 Å². The van der Waals surface area contributed by atoms with E-state index in [4.69, 9.17) is 4.98 Å². The number of hydrogen-bond acceptors (Lipinski definition) is 3. The molecule has 0 N–H and O–H groups in total. The van der Waals surface area contributed by atoms with E-state index in [0.717, 1.165) is 42.4 Å². The van der Waals surface area contributed by atoms with Crippen molar-refractivity contribution in [3.63, 3.8) is 0 Å². The van der Waals surface area contributed by atoms with Gasteiger partial charge in [0.05, 0.1) is 15.2 Å². The van der Waals surface area contributed by atoms with Crippen LogP contribution in [0.1, 0.15) is 23.2 Å². The summed E-state index contributed by atoms with van der Waals surface area (Å²) in [6, 6.07) is 11.7. The standard InChI is InChI=1S/C21H20FN3S/c1-3-21-23-17-11-14(5-7-20(17)26-21)25-9-8-19-16(12-25)15-10-13(22)4-6-18(15)24(19)2/h4-7,10-11H,3,8-9,12H2,1-2H3. The van der Waals surface area contributed by atoms with Crippen molar-refractivity contribution in [2.24, 2.45) is 7.05 Å². The summed E-state index contributed by atoms with van der Waals surface area (Å²) in [5.74, 6) is -0.168. The first-order valence-electron chi connectivity index (χ1n) is 9.04. The first kappa shape index (κ1) is 15.8. The molecule has 5 rings (SSSR count). The van der Waals surface area contributed by atoms with E-state index in [-0.39, 0.29) is 5.82 Å². The molecular formula is C21H20FN3S. The van der Waals surface area contributed by atoms with Gasteiger partial charge in [0.1, 0.15) is 5.82 Å². The predicted octanol–water partition coefficient (Wildman–Crippen LogP) is 5.05. The van der Waals surface area contributed by atoms with E-state index in [0.29, 0.717) is 0 Å². The summed E-state index contributed by atoms with van der Waals surface area (Å²) in [4.78, 5) is 7.12. The summed E-state index contributed by atoms with van der Waals surface area (Å²) in [7, 11) is 2.09. The lowest BCUT2D eigenvalue weighted by molar-refractivity contribution is 0.629. The Morgan fingerprint density at radius 2 is 2.08 bits per heavy atom. The number of anilines is 1. The third-order valence-electron chi connectivity index (χ3n) is 5.45. The van der Waals surface area contributed by atoms with Gasteiger partial charge in [0.2, 0.25) is 0 Å². The van der Waals surface area contributed by atoms with Crippen LogP contribution in [0.4, 0.5) is 10.1 Å². The Balaban J connectivity index is 1.57. The van der Waals surface area contributed by atoms with Crippen molar-refractivity contribution in [2.75, 3.05) is 11.4 Å². The monoisotopic (exact) mass is 365 g/mol. The molecule has 0 saturated heterocycles. The van der Waals surface area contributed by atoms with Crippen LogP contribution in [-0.4, -0.2) is 16.1 Å². The third-order valence-corrected chi connectivity index (χ3v) is 6.63. The number of nitrogens with zero attached hydrogens (tertiary/aromatic N) is 3. The van der Waals surface area contributed by atoms with Gasteiger partial charge in [-0.05, 0) is 42.8 Å². The summed E-state index contributed by atoms with van der Waals surface area (Å²) < 4.78 is 17.3. The lowest BCUT2D eigenvalue weighted by atomic mass is 10.0. The molecule has 4 aromatic rings. The van der Waals surface area contributed by atoms with Crippen LogP contribution in [0, 0.1) is 5.82 Å². The highest BCUT2D eigenvalue weighted by molar-refractivity contribution is 7.18. The minimum atomic E-state index is -0.168. The summed E-state index contributed by atoms with van der Waals surface area (Å²) >= 11 is 1.77. The van der Waals surface area contributed by atoms with Gasteiger partial charge in [-0.2, -0.15) is 0 Å². The van der Waals surface area contributed by atoms with Crippen molar-refractivity contribution in [3.05, 3.63) is 58.5 Å². The number of fused-ring (bicyclic) bond motifs is 4. The Morgan fingerprint density at radius 3 is 2.92 bits per heavy atom. The van der Waals surface area contributed by atoms with Gasteiger partial charge in [-0.3, -0.25) is 0 Å². The molecule has 0 bridgehead atoms. The van der Waals surface area contributed by atoms with E-state index in [1.54, 1.807) is 23.5 Å². The fourth-order valence-electron chi connectivity index (χ4n) is 4.08. The molecule has 0 aliphatic carbocycles. The quantitative estimate of drug-likeness (QED) is 0.495. The smallest absolute Gasteiger partial charge is 0.123 e. The van der Waals surface area contributed by atoms with Gasteiger partial charge >= 0.3 is 0 Å². The molecule has 0 unspecified atom stereocenters. The summed E-state index contributed by atoms with van der Waals surface area (Å²) in [5, 5.41) is 2.22. The average molecular weight is 365 g/mol. The zero-order valence-electron chi connectivity index (χ0n) is 14.9. The lowest BCUT2D eigenvalue weighted by Crippen LogP contribution is -2.30. The number of benzene rings is 2. The van der Waals surface area contributed by atoms with Crippen LogP contribution in [0.15, 0.2) is 36.4 Å². The molecule has 0 atom stereocenters. The summed E-state index contributed by atoms with van der Waals surface area (Å²) in [6.45, 7) is 3.92. The average Bonchev–Trinajstić information content (AvgIpc) is 3.20. The van der Waals surface area contributed by atoms with Crippen molar-refractivity contribution in [1.82, 2.24) is 9.55 Å². The molecule has 0 spiro atoms. The second-order valence-electron chi connectivity index (χ2n) is 6.93. The second kappa shape index (κ2) is 5.81. The normalized spacial score (nSPS) is 14.3. The summed E-state index contributed by atoms with van der Waals surface area (Å²) in [6.07, 6.45) is 1.95. The molecule has 132 valence electrons. The van der Waals surface area contributed by atoms with Crippen LogP contribution in [-0.2, 0) is 26.4 Å². The number of aromatic nitrogens is 2. The largest absolute Gasteiger partial charge is 0.367 e. The number of aryl methyl sites for hydroxylation is 2. The van der Waals surface area contributed by atoms with E-state index in [1.165, 1.54) is 26.7 Å². The van der Waals surface area contributed by atoms with Gasteiger partial charge in [0, 0.05) is 54.4 Å². The Morgan fingerprint density at radius 1 is 1.19 bits per heavy atom. The number of rotatable bonds is 2. The fourth-order valence-corrected chi connectivity index (χ4v) is 4.97. The van der Waals surface area contributed by atoms with Gasteiger partial charge in [-0.1, -0.05) is 6.92 Å². The van der Waals surface area contributed by atoms with Gasteiger partial charge in [0.15, 0.2) is 0 Å². The van der Waals surface area contributed by atoms with Crippen molar-refractivity contribution in [3.8, 4) is 0 Å². The molecule has 1 aliphatic rings. The van der Waals surface area contributed by atoms with Gasteiger partial charge < -0.3 is 9.47 Å². The van der Waals surface area contributed by atoms with Crippen LogP contribution < -0.4 is 4.90 Å². The minimum Gasteiger partial charge on any atom is -0.367 e. The van der Waals surface area contributed by atoms with Gasteiger partial charge in [-0.25, -0.2) is 9.37 Å². The van der Waals surface area contributed by atoms with Crippen LogP contribution in [0.25, 0.3) is 21.1 Å².